The standard InChI is InChI=1S/C24H27NO4S/c1-15(2)17-5-9-19(10-6-17)25-23(27)21(22(24(25)28)30-14-13-26)18-7-11-20(12-8-18)29-16(3)4/h5-12,15-16,26H,13-14H2,1-4H3. The van der Waals surface area contributed by atoms with Crippen LogP contribution in [0.25, 0.3) is 5.57 Å². The topological polar surface area (TPSA) is 66.8 Å². The molecule has 5 nitrogen and oxygen atoms in total. The van der Waals surface area contributed by atoms with E-state index >= 15 is 0 Å². The molecule has 3 rings (SSSR count). The normalized spacial score (nSPS) is 14.4. The monoisotopic (exact) mass is 425 g/mol. The van der Waals surface area contributed by atoms with Gasteiger partial charge in [0.05, 0.1) is 28.9 Å². The van der Waals surface area contributed by atoms with Crippen molar-refractivity contribution in [2.75, 3.05) is 17.3 Å². The number of anilines is 1. The third-order valence-corrected chi connectivity index (χ3v) is 5.77. The summed E-state index contributed by atoms with van der Waals surface area (Å²) >= 11 is 1.21. The van der Waals surface area contributed by atoms with Gasteiger partial charge < -0.3 is 9.84 Å². The smallest absolute Gasteiger partial charge is 0.272 e. The van der Waals surface area contributed by atoms with Gasteiger partial charge in [-0.25, -0.2) is 4.90 Å². The lowest BCUT2D eigenvalue weighted by atomic mass is 10.0. The molecule has 0 aromatic heterocycles. The number of ether oxygens (including phenoxy) is 1. The maximum absolute atomic E-state index is 13.3. The van der Waals surface area contributed by atoms with E-state index in [0.717, 1.165) is 5.56 Å². The second kappa shape index (κ2) is 9.49. The fourth-order valence-electron chi connectivity index (χ4n) is 3.26. The lowest BCUT2D eigenvalue weighted by Crippen LogP contribution is -2.31. The van der Waals surface area contributed by atoms with Crippen LogP contribution in [0.4, 0.5) is 5.69 Å². The number of amides is 2. The molecule has 2 amide bonds. The number of aliphatic hydroxyl groups is 1. The first-order valence-electron chi connectivity index (χ1n) is 10.1. The zero-order valence-corrected chi connectivity index (χ0v) is 18.5. The second-order valence-electron chi connectivity index (χ2n) is 7.66. The first kappa shape index (κ1) is 22.1. The molecule has 0 bridgehead atoms. The van der Waals surface area contributed by atoms with Gasteiger partial charge in [-0.3, -0.25) is 9.59 Å². The average Bonchev–Trinajstić information content (AvgIpc) is 2.96. The molecule has 6 heteroatoms. The van der Waals surface area contributed by atoms with E-state index in [4.69, 9.17) is 4.74 Å². The van der Waals surface area contributed by atoms with E-state index in [1.54, 1.807) is 24.3 Å². The van der Waals surface area contributed by atoms with Crippen LogP contribution in [0.15, 0.2) is 53.4 Å². The fraction of sp³-hybridized carbons (Fsp3) is 0.333. The van der Waals surface area contributed by atoms with Crippen molar-refractivity contribution in [1.82, 2.24) is 0 Å². The Balaban J connectivity index is 1.97. The molecule has 0 unspecified atom stereocenters. The molecule has 2 aromatic rings. The minimum absolute atomic E-state index is 0.0460. The van der Waals surface area contributed by atoms with Crippen LogP contribution in [0, 0.1) is 0 Å². The van der Waals surface area contributed by atoms with Crippen LogP contribution in [0.1, 0.15) is 44.7 Å². The number of thioether (sulfide) groups is 1. The number of carbonyl (C=O) groups excluding carboxylic acids is 2. The first-order valence-corrected chi connectivity index (χ1v) is 11.1. The molecule has 0 aliphatic carbocycles. The molecule has 1 aliphatic heterocycles. The zero-order valence-electron chi connectivity index (χ0n) is 17.7. The fourth-order valence-corrected chi connectivity index (χ4v) is 4.12. The number of nitrogens with zero attached hydrogens (tertiary/aromatic N) is 1. The first-order chi connectivity index (χ1) is 14.3. The second-order valence-corrected chi connectivity index (χ2v) is 8.76. The third kappa shape index (κ3) is 4.60. The molecule has 1 heterocycles. The lowest BCUT2D eigenvalue weighted by molar-refractivity contribution is -0.119. The van der Waals surface area contributed by atoms with Crippen LogP contribution in [-0.2, 0) is 9.59 Å². The van der Waals surface area contributed by atoms with Gasteiger partial charge >= 0.3 is 0 Å². The summed E-state index contributed by atoms with van der Waals surface area (Å²) in [4.78, 5) is 28.0. The number of rotatable bonds is 8. The van der Waals surface area contributed by atoms with Gasteiger partial charge in [0, 0.05) is 5.75 Å². The van der Waals surface area contributed by atoms with E-state index in [1.807, 2.05) is 38.1 Å². The third-order valence-electron chi connectivity index (χ3n) is 4.71. The summed E-state index contributed by atoms with van der Waals surface area (Å²) < 4.78 is 5.68. The van der Waals surface area contributed by atoms with E-state index in [2.05, 4.69) is 13.8 Å². The van der Waals surface area contributed by atoms with Crippen LogP contribution in [0.5, 0.6) is 5.75 Å². The van der Waals surface area contributed by atoms with Crippen molar-refractivity contribution in [2.24, 2.45) is 0 Å². The average molecular weight is 426 g/mol. The maximum Gasteiger partial charge on any atom is 0.272 e. The Labute approximate surface area is 181 Å². The number of aliphatic hydroxyl groups excluding tert-OH is 1. The Kier molecular flexibility index (Phi) is 7.00. The number of imide groups is 1. The van der Waals surface area contributed by atoms with Gasteiger partial charge in [0.15, 0.2) is 0 Å². The molecule has 0 saturated heterocycles. The highest BCUT2D eigenvalue weighted by atomic mass is 32.2. The molecule has 0 fully saturated rings. The molecular weight excluding hydrogens is 398 g/mol. The molecule has 1 aliphatic rings. The van der Waals surface area contributed by atoms with Crippen molar-refractivity contribution in [3.63, 3.8) is 0 Å². The molecule has 0 atom stereocenters. The zero-order chi connectivity index (χ0) is 21.8. The Bertz CT molecular complexity index is 946. The van der Waals surface area contributed by atoms with Crippen molar-refractivity contribution < 1.29 is 19.4 Å². The minimum atomic E-state index is -0.353. The van der Waals surface area contributed by atoms with Crippen LogP contribution in [0.3, 0.4) is 0 Å². The van der Waals surface area contributed by atoms with E-state index < -0.39 is 0 Å². The highest BCUT2D eigenvalue weighted by Crippen LogP contribution is 2.39. The molecule has 1 N–H and O–H groups in total. The maximum atomic E-state index is 13.3. The molecular formula is C24H27NO4S. The summed E-state index contributed by atoms with van der Waals surface area (Å²) in [6, 6.07) is 14.7. The van der Waals surface area contributed by atoms with Gasteiger partial charge in [0.2, 0.25) is 0 Å². The van der Waals surface area contributed by atoms with E-state index in [-0.39, 0.29) is 24.5 Å². The van der Waals surface area contributed by atoms with Crippen LogP contribution in [-0.4, -0.2) is 35.4 Å². The van der Waals surface area contributed by atoms with Gasteiger partial charge in [-0.05, 0) is 55.2 Å². The van der Waals surface area contributed by atoms with Gasteiger partial charge in [-0.15, -0.1) is 11.8 Å². The van der Waals surface area contributed by atoms with Crippen LogP contribution in [0.2, 0.25) is 0 Å². The van der Waals surface area contributed by atoms with Gasteiger partial charge in [0.1, 0.15) is 5.75 Å². The minimum Gasteiger partial charge on any atom is -0.491 e. The number of carbonyl (C=O) groups is 2. The molecule has 30 heavy (non-hydrogen) atoms. The van der Waals surface area contributed by atoms with E-state index in [9.17, 15) is 14.7 Å². The molecule has 0 saturated carbocycles. The largest absolute Gasteiger partial charge is 0.491 e. The predicted molar refractivity (Wildman–Crippen MR) is 122 cm³/mol. The number of benzene rings is 2. The van der Waals surface area contributed by atoms with Crippen LogP contribution >= 0.6 is 11.8 Å². The summed E-state index contributed by atoms with van der Waals surface area (Å²) in [5.74, 6) is 0.701. The Hall–Kier alpha value is -2.57. The van der Waals surface area contributed by atoms with Gasteiger partial charge in [0.25, 0.3) is 11.8 Å². The van der Waals surface area contributed by atoms with Crippen molar-refractivity contribution in [3.8, 4) is 5.75 Å². The molecule has 2 aromatic carbocycles. The SMILES string of the molecule is CC(C)Oc1ccc(C2=C(SCCO)C(=O)N(c3ccc(C(C)C)cc3)C2=O)cc1. The van der Waals surface area contributed by atoms with E-state index in [0.29, 0.717) is 39.1 Å². The Morgan fingerprint density at radius 2 is 1.57 bits per heavy atom. The van der Waals surface area contributed by atoms with Crippen molar-refractivity contribution in [3.05, 3.63) is 64.6 Å². The lowest BCUT2D eigenvalue weighted by Gasteiger charge is -2.16. The molecule has 0 spiro atoms. The van der Waals surface area contributed by atoms with Crippen LogP contribution < -0.4 is 9.64 Å². The van der Waals surface area contributed by atoms with Crippen molar-refractivity contribution >= 4 is 34.8 Å². The number of hydrogen-bond donors (Lipinski definition) is 1. The van der Waals surface area contributed by atoms with Crippen molar-refractivity contribution in [1.29, 1.82) is 0 Å². The summed E-state index contributed by atoms with van der Waals surface area (Å²) in [6.45, 7) is 8.00. The summed E-state index contributed by atoms with van der Waals surface area (Å²) in [6.07, 6.45) is 0.0460. The Morgan fingerprint density at radius 3 is 2.10 bits per heavy atom. The molecule has 158 valence electrons. The predicted octanol–water partition coefficient (Wildman–Crippen LogP) is 4.61. The Morgan fingerprint density at radius 1 is 0.933 bits per heavy atom. The highest BCUT2D eigenvalue weighted by Gasteiger charge is 2.40. The summed E-state index contributed by atoms with van der Waals surface area (Å²) in [5.41, 5.74) is 2.71. The van der Waals surface area contributed by atoms with E-state index in [1.165, 1.54) is 16.7 Å². The highest BCUT2D eigenvalue weighted by molar-refractivity contribution is 8.04. The van der Waals surface area contributed by atoms with Gasteiger partial charge in [-0.1, -0.05) is 38.1 Å². The quantitative estimate of drug-likeness (QED) is 0.626. The number of hydrogen-bond acceptors (Lipinski definition) is 5. The van der Waals surface area contributed by atoms with Gasteiger partial charge in [-0.2, -0.15) is 0 Å². The summed E-state index contributed by atoms with van der Waals surface area (Å²) in [7, 11) is 0. The molecule has 0 radical (unpaired) electrons. The van der Waals surface area contributed by atoms with Crippen molar-refractivity contribution in [2.45, 2.75) is 39.7 Å². The summed E-state index contributed by atoms with van der Waals surface area (Å²) in [5, 5.41) is 9.25.